The summed E-state index contributed by atoms with van der Waals surface area (Å²) in [6, 6.07) is -0.453. The van der Waals surface area contributed by atoms with Gasteiger partial charge in [-0.25, -0.2) is 0 Å². The third-order valence-corrected chi connectivity index (χ3v) is 2.90. The van der Waals surface area contributed by atoms with Crippen molar-refractivity contribution in [1.29, 1.82) is 0 Å². The maximum absolute atomic E-state index is 9.49. The molecule has 0 radical (unpaired) electrons. The van der Waals surface area contributed by atoms with Gasteiger partial charge in [0.15, 0.2) is 0 Å². The molecule has 0 bridgehead atoms. The molecule has 1 aliphatic rings. The Balaban J connectivity index is 2.60. The Morgan fingerprint density at radius 1 is 1.36 bits per heavy atom. The van der Waals surface area contributed by atoms with Crippen LogP contribution in [0.3, 0.4) is 0 Å². The van der Waals surface area contributed by atoms with E-state index in [9.17, 15) is 5.11 Å². The number of rotatable bonds is 4. The van der Waals surface area contributed by atoms with E-state index in [-0.39, 0.29) is 12.5 Å². The lowest BCUT2D eigenvalue weighted by molar-refractivity contribution is 0.0497. The minimum absolute atomic E-state index is 0.238. The summed E-state index contributed by atoms with van der Waals surface area (Å²) in [5.41, 5.74) is 8.38. The molecule has 14 heavy (non-hydrogen) atoms. The normalized spacial score (nSPS) is 22.4. The van der Waals surface area contributed by atoms with Crippen LogP contribution in [0.15, 0.2) is 5.11 Å². The predicted molar refractivity (Wildman–Crippen MR) is 52.6 cm³/mol. The van der Waals surface area contributed by atoms with Gasteiger partial charge in [-0.15, -0.1) is 0 Å². The second kappa shape index (κ2) is 5.86. The van der Waals surface area contributed by atoms with E-state index < -0.39 is 12.1 Å². The summed E-state index contributed by atoms with van der Waals surface area (Å²) in [6.07, 6.45) is 4.53. The Morgan fingerprint density at radius 3 is 2.50 bits per heavy atom. The molecule has 0 spiro atoms. The first-order valence-electron chi connectivity index (χ1n) is 5.12. The molecule has 2 unspecified atom stereocenters. The zero-order chi connectivity index (χ0) is 10.4. The molecule has 0 aromatic rings. The highest BCUT2D eigenvalue weighted by Crippen LogP contribution is 2.29. The van der Waals surface area contributed by atoms with Crippen LogP contribution in [0.5, 0.6) is 0 Å². The first-order valence-corrected chi connectivity index (χ1v) is 5.12. The number of hydrogen-bond acceptors (Lipinski definition) is 3. The van der Waals surface area contributed by atoms with Crippen molar-refractivity contribution in [1.82, 2.24) is 0 Å². The summed E-state index contributed by atoms with van der Waals surface area (Å²) in [7, 11) is 0. The van der Waals surface area contributed by atoms with Crippen LogP contribution in [0, 0.1) is 5.92 Å². The molecule has 1 fully saturated rings. The van der Waals surface area contributed by atoms with Crippen LogP contribution >= 0.6 is 0 Å². The van der Waals surface area contributed by atoms with Gasteiger partial charge in [-0.1, -0.05) is 24.4 Å². The minimum Gasteiger partial charge on any atom is -0.394 e. The van der Waals surface area contributed by atoms with E-state index in [1.807, 2.05) is 0 Å². The number of nitrogens with zero attached hydrogens (tertiary/aromatic N) is 3. The molecule has 2 atom stereocenters. The zero-order valence-corrected chi connectivity index (χ0v) is 8.21. The molecule has 1 rings (SSSR count). The van der Waals surface area contributed by atoms with Crippen molar-refractivity contribution >= 4 is 0 Å². The van der Waals surface area contributed by atoms with Crippen molar-refractivity contribution < 1.29 is 10.2 Å². The minimum atomic E-state index is -0.908. The van der Waals surface area contributed by atoms with Crippen molar-refractivity contribution in [2.24, 2.45) is 11.0 Å². The molecule has 0 amide bonds. The summed E-state index contributed by atoms with van der Waals surface area (Å²) in [6.45, 7) is -0.333. The van der Waals surface area contributed by atoms with Gasteiger partial charge in [0.1, 0.15) is 0 Å². The maximum Gasteiger partial charge on any atom is 0.0858 e. The average Bonchev–Trinajstić information content (AvgIpc) is 2.26. The molecule has 1 aliphatic carbocycles. The highest BCUT2D eigenvalue weighted by Gasteiger charge is 2.28. The lowest BCUT2D eigenvalue weighted by atomic mass is 9.82. The standard InChI is InChI=1S/C9H17N3O2/c10-12-11-9(8(14)6-13)7-4-2-1-3-5-7/h7-9,13-14H,1-6H2. The average molecular weight is 199 g/mol. The van der Waals surface area contributed by atoms with E-state index in [4.69, 9.17) is 10.6 Å². The van der Waals surface area contributed by atoms with Crippen molar-refractivity contribution in [3.05, 3.63) is 10.4 Å². The van der Waals surface area contributed by atoms with Crippen LogP contribution in [-0.2, 0) is 0 Å². The van der Waals surface area contributed by atoms with Crippen molar-refractivity contribution in [3.63, 3.8) is 0 Å². The zero-order valence-electron chi connectivity index (χ0n) is 8.21. The quantitative estimate of drug-likeness (QED) is 0.409. The molecule has 80 valence electrons. The molecule has 0 aromatic heterocycles. The van der Waals surface area contributed by atoms with E-state index in [0.717, 1.165) is 25.7 Å². The number of aliphatic hydroxyl groups is 2. The highest BCUT2D eigenvalue weighted by molar-refractivity contribution is 4.84. The molecule has 5 nitrogen and oxygen atoms in total. The first-order chi connectivity index (χ1) is 6.79. The van der Waals surface area contributed by atoms with E-state index in [1.165, 1.54) is 6.42 Å². The van der Waals surface area contributed by atoms with E-state index in [0.29, 0.717) is 0 Å². The Kier molecular flexibility index (Phi) is 4.73. The Morgan fingerprint density at radius 2 is 2.00 bits per heavy atom. The summed E-state index contributed by atoms with van der Waals surface area (Å²) in [5.74, 6) is 0.238. The van der Waals surface area contributed by atoms with Crippen LogP contribution in [0.2, 0.25) is 0 Å². The molecular weight excluding hydrogens is 182 g/mol. The molecular formula is C9H17N3O2. The van der Waals surface area contributed by atoms with Crippen LogP contribution in [0.4, 0.5) is 0 Å². The molecule has 5 heteroatoms. The fourth-order valence-electron chi connectivity index (χ4n) is 2.13. The highest BCUT2D eigenvalue weighted by atomic mass is 16.3. The molecule has 0 heterocycles. The Labute approximate surface area is 83.4 Å². The van der Waals surface area contributed by atoms with Crippen molar-refractivity contribution in [2.75, 3.05) is 6.61 Å². The van der Waals surface area contributed by atoms with Gasteiger partial charge in [0.25, 0.3) is 0 Å². The Hall–Kier alpha value is -0.770. The number of hydrogen-bond donors (Lipinski definition) is 2. The predicted octanol–water partition coefficient (Wildman–Crippen LogP) is 1.60. The number of aliphatic hydroxyl groups excluding tert-OH is 2. The molecule has 0 aromatic carbocycles. The monoisotopic (exact) mass is 199 g/mol. The van der Waals surface area contributed by atoms with Gasteiger partial charge in [-0.3, -0.25) is 0 Å². The van der Waals surface area contributed by atoms with Gasteiger partial charge >= 0.3 is 0 Å². The summed E-state index contributed by atoms with van der Waals surface area (Å²) < 4.78 is 0. The summed E-state index contributed by atoms with van der Waals surface area (Å²) >= 11 is 0. The SMILES string of the molecule is [N-]=[N+]=NC(C(O)CO)C1CCCCC1. The first kappa shape index (κ1) is 11.3. The summed E-state index contributed by atoms with van der Waals surface area (Å²) in [5, 5.41) is 21.9. The fourth-order valence-corrected chi connectivity index (χ4v) is 2.13. The molecule has 0 aliphatic heterocycles. The second-order valence-corrected chi connectivity index (χ2v) is 3.84. The smallest absolute Gasteiger partial charge is 0.0858 e. The molecule has 2 N–H and O–H groups in total. The van der Waals surface area contributed by atoms with Gasteiger partial charge in [0.05, 0.1) is 18.8 Å². The van der Waals surface area contributed by atoms with Crippen LogP contribution in [0.25, 0.3) is 10.4 Å². The maximum atomic E-state index is 9.49. The largest absolute Gasteiger partial charge is 0.394 e. The van der Waals surface area contributed by atoms with Crippen molar-refractivity contribution in [2.45, 2.75) is 44.2 Å². The number of azide groups is 1. The lowest BCUT2D eigenvalue weighted by Gasteiger charge is -2.29. The van der Waals surface area contributed by atoms with Gasteiger partial charge in [0, 0.05) is 4.91 Å². The Bertz CT molecular complexity index is 210. The van der Waals surface area contributed by atoms with E-state index in [1.54, 1.807) is 0 Å². The molecule has 0 saturated heterocycles. The second-order valence-electron chi connectivity index (χ2n) is 3.84. The topological polar surface area (TPSA) is 89.2 Å². The lowest BCUT2D eigenvalue weighted by Crippen LogP contribution is -2.35. The van der Waals surface area contributed by atoms with Gasteiger partial charge in [-0.2, -0.15) is 0 Å². The van der Waals surface area contributed by atoms with Crippen LogP contribution < -0.4 is 0 Å². The van der Waals surface area contributed by atoms with Gasteiger partial charge in [-0.05, 0) is 24.3 Å². The van der Waals surface area contributed by atoms with Gasteiger partial charge in [0.2, 0.25) is 0 Å². The van der Waals surface area contributed by atoms with Crippen molar-refractivity contribution in [3.8, 4) is 0 Å². The molecule has 1 saturated carbocycles. The van der Waals surface area contributed by atoms with E-state index >= 15 is 0 Å². The third-order valence-electron chi connectivity index (χ3n) is 2.90. The van der Waals surface area contributed by atoms with Gasteiger partial charge < -0.3 is 10.2 Å². The fraction of sp³-hybridized carbons (Fsp3) is 1.00. The van der Waals surface area contributed by atoms with Crippen LogP contribution in [-0.4, -0.2) is 29.0 Å². The summed E-state index contributed by atoms with van der Waals surface area (Å²) in [4.78, 5) is 2.73. The van der Waals surface area contributed by atoms with E-state index in [2.05, 4.69) is 10.0 Å². The third kappa shape index (κ3) is 2.87. The van der Waals surface area contributed by atoms with Crippen LogP contribution in [0.1, 0.15) is 32.1 Å².